The van der Waals surface area contributed by atoms with Gasteiger partial charge in [-0.15, -0.1) is 0 Å². The minimum absolute atomic E-state index is 0.0566. The zero-order valence-electron chi connectivity index (χ0n) is 12.5. The van der Waals surface area contributed by atoms with Gasteiger partial charge in [0.2, 0.25) is 15.3 Å². The quantitative estimate of drug-likeness (QED) is 0.837. The van der Waals surface area contributed by atoms with E-state index in [0.29, 0.717) is 35.2 Å². The van der Waals surface area contributed by atoms with Crippen LogP contribution in [-0.4, -0.2) is 31.2 Å². The summed E-state index contributed by atoms with van der Waals surface area (Å²) < 4.78 is 25.5. The van der Waals surface area contributed by atoms with Crippen LogP contribution in [0.1, 0.15) is 11.1 Å². The normalized spacial score (nSPS) is 14.0. The number of nitrogens with one attached hydrogen (secondary N) is 1. The van der Waals surface area contributed by atoms with Crippen LogP contribution >= 0.6 is 23.2 Å². The highest BCUT2D eigenvalue weighted by molar-refractivity contribution is 7.92. The van der Waals surface area contributed by atoms with Gasteiger partial charge in [-0.1, -0.05) is 17.7 Å². The molecule has 0 atom stereocenters. The SMILES string of the molecule is Cc1cc2c(c(Nc3nc(Cl)ncc3Cl)c1)N(S(C)(=O)=O)CC2. The van der Waals surface area contributed by atoms with E-state index >= 15 is 0 Å². The Bertz CT molecular complexity index is 887. The molecule has 23 heavy (non-hydrogen) atoms. The van der Waals surface area contributed by atoms with E-state index in [0.717, 1.165) is 11.1 Å². The van der Waals surface area contributed by atoms with Crippen molar-refractivity contribution in [2.45, 2.75) is 13.3 Å². The highest BCUT2D eigenvalue weighted by Gasteiger charge is 2.29. The molecule has 1 aromatic heterocycles. The zero-order chi connectivity index (χ0) is 16.8. The van der Waals surface area contributed by atoms with Crippen molar-refractivity contribution in [2.24, 2.45) is 0 Å². The number of benzene rings is 1. The third-order valence-electron chi connectivity index (χ3n) is 3.53. The number of halogens is 2. The van der Waals surface area contributed by atoms with Gasteiger partial charge in [0.05, 0.1) is 23.8 Å². The van der Waals surface area contributed by atoms with Crippen molar-refractivity contribution in [3.63, 3.8) is 0 Å². The molecule has 0 bridgehead atoms. The summed E-state index contributed by atoms with van der Waals surface area (Å²) in [6.45, 7) is 2.37. The summed E-state index contributed by atoms with van der Waals surface area (Å²) in [5.74, 6) is 0.333. The lowest BCUT2D eigenvalue weighted by Crippen LogP contribution is -2.28. The molecule has 0 unspecified atom stereocenters. The number of sulfonamides is 1. The molecular formula is C14H14Cl2N4O2S. The molecule has 1 aliphatic heterocycles. The Morgan fingerprint density at radius 2 is 2.04 bits per heavy atom. The summed E-state index contributed by atoms with van der Waals surface area (Å²) in [5.41, 5.74) is 3.23. The zero-order valence-corrected chi connectivity index (χ0v) is 14.8. The lowest BCUT2D eigenvalue weighted by molar-refractivity contribution is 0.598. The number of fused-ring (bicyclic) bond motifs is 1. The van der Waals surface area contributed by atoms with Crippen LogP contribution in [0.4, 0.5) is 17.2 Å². The molecule has 0 amide bonds. The molecule has 3 rings (SSSR count). The van der Waals surface area contributed by atoms with Crippen LogP contribution in [0.2, 0.25) is 10.3 Å². The predicted molar refractivity (Wildman–Crippen MR) is 92.4 cm³/mol. The van der Waals surface area contributed by atoms with Crippen molar-refractivity contribution >= 4 is 50.4 Å². The Morgan fingerprint density at radius 3 is 2.74 bits per heavy atom. The number of aryl methyl sites for hydroxylation is 1. The first-order chi connectivity index (χ1) is 10.8. The molecule has 1 aromatic carbocycles. The molecule has 1 aliphatic rings. The smallest absolute Gasteiger partial charge is 0.232 e. The Hall–Kier alpha value is -1.57. The van der Waals surface area contributed by atoms with Gasteiger partial charge in [0.25, 0.3) is 0 Å². The van der Waals surface area contributed by atoms with Crippen LogP contribution in [-0.2, 0) is 16.4 Å². The van der Waals surface area contributed by atoms with Gasteiger partial charge in [-0.05, 0) is 42.1 Å². The van der Waals surface area contributed by atoms with E-state index in [1.165, 1.54) is 16.8 Å². The minimum atomic E-state index is -3.36. The molecule has 2 heterocycles. The van der Waals surface area contributed by atoms with Crippen LogP contribution < -0.4 is 9.62 Å². The van der Waals surface area contributed by atoms with Gasteiger partial charge in [0.1, 0.15) is 5.02 Å². The number of nitrogens with zero attached hydrogens (tertiary/aromatic N) is 3. The van der Waals surface area contributed by atoms with Crippen LogP contribution in [0.15, 0.2) is 18.3 Å². The van der Waals surface area contributed by atoms with E-state index in [1.54, 1.807) is 0 Å². The monoisotopic (exact) mass is 372 g/mol. The fraction of sp³-hybridized carbons (Fsp3) is 0.286. The highest BCUT2D eigenvalue weighted by Crippen LogP contribution is 2.40. The number of anilines is 3. The number of aromatic nitrogens is 2. The maximum atomic E-state index is 12.0. The molecule has 2 aromatic rings. The van der Waals surface area contributed by atoms with Crippen molar-refractivity contribution in [1.29, 1.82) is 0 Å². The highest BCUT2D eigenvalue weighted by atomic mass is 35.5. The molecule has 0 saturated heterocycles. The van der Waals surface area contributed by atoms with Gasteiger partial charge in [0.15, 0.2) is 5.82 Å². The first kappa shape index (κ1) is 16.3. The summed E-state index contributed by atoms with van der Waals surface area (Å²) in [5, 5.41) is 3.44. The summed E-state index contributed by atoms with van der Waals surface area (Å²) in [4.78, 5) is 7.85. The standard InChI is InChI=1S/C14H14Cl2N4O2S/c1-8-5-9-3-4-20(23(2,21)22)12(9)11(6-8)18-13-10(15)7-17-14(16)19-13/h5-7H,3-4H2,1-2H3,(H,17,18,19). The van der Waals surface area contributed by atoms with E-state index in [9.17, 15) is 8.42 Å². The molecular weight excluding hydrogens is 359 g/mol. The third kappa shape index (κ3) is 3.22. The molecule has 1 N–H and O–H groups in total. The van der Waals surface area contributed by atoms with Gasteiger partial charge in [-0.2, -0.15) is 4.98 Å². The average Bonchev–Trinajstić information content (AvgIpc) is 2.86. The first-order valence-electron chi connectivity index (χ1n) is 6.82. The second-order valence-electron chi connectivity index (χ2n) is 5.37. The average molecular weight is 373 g/mol. The summed E-state index contributed by atoms with van der Waals surface area (Å²) in [6, 6.07) is 3.84. The molecule has 0 fully saturated rings. The first-order valence-corrected chi connectivity index (χ1v) is 9.42. The van der Waals surface area contributed by atoms with E-state index in [1.807, 2.05) is 19.1 Å². The Labute approximate surface area is 144 Å². The maximum absolute atomic E-state index is 12.0. The van der Waals surface area contributed by atoms with Crippen LogP contribution in [0.3, 0.4) is 0 Å². The van der Waals surface area contributed by atoms with Gasteiger partial charge < -0.3 is 5.32 Å². The van der Waals surface area contributed by atoms with Crippen molar-refractivity contribution in [3.8, 4) is 0 Å². The molecule has 0 saturated carbocycles. The van der Waals surface area contributed by atoms with E-state index in [2.05, 4.69) is 15.3 Å². The van der Waals surface area contributed by atoms with Crippen LogP contribution in [0, 0.1) is 6.92 Å². The van der Waals surface area contributed by atoms with E-state index in [4.69, 9.17) is 23.2 Å². The van der Waals surface area contributed by atoms with E-state index in [-0.39, 0.29) is 5.28 Å². The molecule has 0 radical (unpaired) electrons. The largest absolute Gasteiger partial charge is 0.337 e. The topological polar surface area (TPSA) is 75.2 Å². The number of hydrogen-bond acceptors (Lipinski definition) is 5. The molecule has 6 nitrogen and oxygen atoms in total. The molecule has 0 aliphatic carbocycles. The van der Waals surface area contributed by atoms with Gasteiger partial charge in [-0.25, -0.2) is 13.4 Å². The third-order valence-corrected chi connectivity index (χ3v) is 5.16. The van der Waals surface area contributed by atoms with Crippen molar-refractivity contribution < 1.29 is 8.42 Å². The minimum Gasteiger partial charge on any atom is -0.337 e. The maximum Gasteiger partial charge on any atom is 0.232 e. The number of rotatable bonds is 3. The van der Waals surface area contributed by atoms with Gasteiger partial charge >= 0.3 is 0 Å². The lowest BCUT2D eigenvalue weighted by atomic mass is 10.1. The number of hydrogen-bond donors (Lipinski definition) is 1. The Balaban J connectivity index is 2.12. The lowest BCUT2D eigenvalue weighted by Gasteiger charge is -2.21. The van der Waals surface area contributed by atoms with E-state index < -0.39 is 10.0 Å². The second-order valence-corrected chi connectivity index (χ2v) is 8.02. The van der Waals surface area contributed by atoms with Gasteiger partial charge in [0, 0.05) is 6.54 Å². The predicted octanol–water partition coefficient (Wildman–Crippen LogP) is 3.16. The molecule has 122 valence electrons. The molecule has 9 heteroatoms. The Morgan fingerprint density at radius 1 is 1.30 bits per heavy atom. The molecule has 0 spiro atoms. The van der Waals surface area contributed by atoms with Crippen LogP contribution in [0.25, 0.3) is 0 Å². The fourth-order valence-electron chi connectivity index (χ4n) is 2.66. The summed E-state index contributed by atoms with van der Waals surface area (Å²) in [7, 11) is -3.36. The second kappa shape index (κ2) is 5.81. The van der Waals surface area contributed by atoms with Crippen molar-refractivity contribution in [2.75, 3.05) is 22.4 Å². The summed E-state index contributed by atoms with van der Waals surface area (Å²) >= 11 is 11.9. The van der Waals surface area contributed by atoms with Crippen LogP contribution in [0.5, 0.6) is 0 Å². The van der Waals surface area contributed by atoms with Gasteiger partial charge in [-0.3, -0.25) is 4.31 Å². The van der Waals surface area contributed by atoms with Crippen molar-refractivity contribution in [3.05, 3.63) is 39.8 Å². The van der Waals surface area contributed by atoms with Crippen molar-refractivity contribution in [1.82, 2.24) is 9.97 Å². The summed E-state index contributed by atoms with van der Waals surface area (Å²) in [6.07, 6.45) is 3.25. The Kier molecular flexibility index (Phi) is 4.12. The fourth-order valence-corrected chi connectivity index (χ4v) is 3.90.